The molecule has 0 aromatic carbocycles. The van der Waals surface area contributed by atoms with E-state index in [9.17, 15) is 13.5 Å². The summed E-state index contributed by atoms with van der Waals surface area (Å²) < 4.78 is 27.2. The summed E-state index contributed by atoms with van der Waals surface area (Å²) in [6, 6.07) is 0. The molecule has 22 heavy (non-hydrogen) atoms. The Morgan fingerprint density at radius 2 is 2.09 bits per heavy atom. The molecule has 8 heteroatoms. The first-order valence-electron chi connectivity index (χ1n) is 7.58. The van der Waals surface area contributed by atoms with Gasteiger partial charge in [-0.1, -0.05) is 0 Å². The molecule has 7 nitrogen and oxygen atoms in total. The van der Waals surface area contributed by atoms with Crippen LogP contribution in [0.3, 0.4) is 0 Å². The lowest BCUT2D eigenvalue weighted by Gasteiger charge is -2.18. The molecule has 2 heterocycles. The number of rotatable bonds is 7. The number of sulfonamides is 1. The van der Waals surface area contributed by atoms with E-state index < -0.39 is 16.1 Å². The van der Waals surface area contributed by atoms with E-state index in [1.807, 2.05) is 13.1 Å². The molecule has 1 aliphatic heterocycles. The predicted octanol–water partition coefficient (Wildman–Crippen LogP) is -0.234. The predicted molar refractivity (Wildman–Crippen MR) is 85.0 cm³/mol. The molecule has 1 aromatic rings. The smallest absolute Gasteiger partial charge is 0.214 e. The van der Waals surface area contributed by atoms with Crippen LogP contribution in [0.2, 0.25) is 0 Å². The Bertz CT molecular complexity index is 585. The number of aromatic nitrogens is 2. The van der Waals surface area contributed by atoms with Gasteiger partial charge in [0.1, 0.15) is 5.82 Å². The van der Waals surface area contributed by atoms with Crippen LogP contribution in [-0.4, -0.2) is 77.9 Å². The van der Waals surface area contributed by atoms with Gasteiger partial charge < -0.3 is 14.6 Å². The molecular formula is C14H26N4O3S. The van der Waals surface area contributed by atoms with Crippen LogP contribution in [0.15, 0.2) is 12.4 Å². The lowest BCUT2D eigenvalue weighted by Crippen LogP contribution is -2.33. The number of aliphatic hydroxyl groups is 1. The summed E-state index contributed by atoms with van der Waals surface area (Å²) in [5.74, 6) is 0.803. The van der Waals surface area contributed by atoms with Gasteiger partial charge in [-0.05, 0) is 19.9 Å². The maximum atomic E-state index is 11.9. The van der Waals surface area contributed by atoms with Gasteiger partial charge in [0.15, 0.2) is 0 Å². The first-order valence-corrected chi connectivity index (χ1v) is 9.19. The maximum absolute atomic E-state index is 11.9. The normalized spacial score (nSPS) is 23.5. The molecule has 1 N–H and O–H groups in total. The van der Waals surface area contributed by atoms with Crippen LogP contribution >= 0.6 is 0 Å². The van der Waals surface area contributed by atoms with E-state index in [4.69, 9.17) is 0 Å². The van der Waals surface area contributed by atoms with E-state index in [0.717, 1.165) is 25.3 Å². The van der Waals surface area contributed by atoms with Gasteiger partial charge in [0.25, 0.3) is 0 Å². The number of nitrogens with zero attached hydrogens (tertiary/aromatic N) is 4. The molecule has 0 spiro atoms. The fourth-order valence-electron chi connectivity index (χ4n) is 2.81. The number of hydrogen-bond acceptors (Lipinski definition) is 5. The Morgan fingerprint density at radius 3 is 2.68 bits per heavy atom. The highest BCUT2D eigenvalue weighted by molar-refractivity contribution is 7.89. The third-order valence-corrected chi connectivity index (χ3v) is 6.22. The second-order valence-electron chi connectivity index (χ2n) is 6.17. The van der Waals surface area contributed by atoms with Gasteiger partial charge in [-0.15, -0.1) is 0 Å². The molecule has 0 bridgehead atoms. The fraction of sp³-hybridized carbons (Fsp3) is 0.786. The third-order valence-electron chi connectivity index (χ3n) is 4.26. The Hall–Kier alpha value is -0.960. The molecule has 0 amide bonds. The number of likely N-dealkylation sites (tertiary alicyclic amines) is 1. The van der Waals surface area contributed by atoms with Crippen molar-refractivity contribution in [2.45, 2.75) is 26.0 Å². The van der Waals surface area contributed by atoms with Crippen LogP contribution in [0.5, 0.6) is 0 Å². The molecule has 1 saturated heterocycles. The van der Waals surface area contributed by atoms with Crippen molar-refractivity contribution in [3.63, 3.8) is 0 Å². The van der Waals surface area contributed by atoms with Gasteiger partial charge in [-0.2, -0.15) is 0 Å². The zero-order chi connectivity index (χ0) is 16.3. The van der Waals surface area contributed by atoms with Crippen molar-refractivity contribution in [2.24, 2.45) is 5.92 Å². The van der Waals surface area contributed by atoms with Crippen molar-refractivity contribution < 1.29 is 13.5 Å². The molecule has 1 fully saturated rings. The van der Waals surface area contributed by atoms with Crippen LogP contribution in [0.1, 0.15) is 12.2 Å². The van der Waals surface area contributed by atoms with Gasteiger partial charge in [0, 0.05) is 52.0 Å². The highest BCUT2D eigenvalue weighted by atomic mass is 32.2. The summed E-state index contributed by atoms with van der Waals surface area (Å²) in [7, 11) is -0.206. The zero-order valence-corrected chi connectivity index (χ0v) is 14.3. The molecule has 2 rings (SSSR count). The van der Waals surface area contributed by atoms with E-state index in [1.54, 1.807) is 6.20 Å². The number of aliphatic hydroxyl groups excluding tert-OH is 1. The molecule has 126 valence electrons. The number of aryl methyl sites for hydroxylation is 2. The standard InChI is InChI=1S/C14H26N4O3S/c1-12-15-5-8-18(12)7-4-6-17-9-13(14(19)10-17)11-22(20,21)16(2)3/h5,8,13-14,19H,4,6-7,9-11H2,1-3H3/t13-,14+/m0/s1. The average molecular weight is 330 g/mol. The molecule has 1 aliphatic rings. The quantitative estimate of drug-likeness (QED) is 0.747. The number of β-amino-alcohol motifs (C(OH)–C–C–N with tert-alkyl or cyclic N) is 1. The monoisotopic (exact) mass is 330 g/mol. The van der Waals surface area contributed by atoms with Gasteiger partial charge in [0.05, 0.1) is 11.9 Å². The van der Waals surface area contributed by atoms with Crippen LogP contribution in [0, 0.1) is 12.8 Å². The van der Waals surface area contributed by atoms with Crippen LogP contribution < -0.4 is 0 Å². The van der Waals surface area contributed by atoms with E-state index in [0.29, 0.717) is 13.1 Å². The molecular weight excluding hydrogens is 304 g/mol. The Labute approximate surface area is 132 Å². The Balaban J connectivity index is 1.80. The zero-order valence-electron chi connectivity index (χ0n) is 13.5. The van der Waals surface area contributed by atoms with Gasteiger partial charge in [-0.3, -0.25) is 0 Å². The highest BCUT2D eigenvalue weighted by Gasteiger charge is 2.34. The second-order valence-corrected chi connectivity index (χ2v) is 8.40. The summed E-state index contributed by atoms with van der Waals surface area (Å²) >= 11 is 0. The van der Waals surface area contributed by atoms with Crippen LogP contribution in [0.25, 0.3) is 0 Å². The minimum Gasteiger partial charge on any atom is -0.391 e. The SMILES string of the molecule is Cc1nccn1CCCN1C[C@@H](CS(=O)(=O)N(C)C)[C@H](O)C1. The molecule has 0 unspecified atom stereocenters. The molecule has 1 aromatic heterocycles. The Kier molecular flexibility index (Phi) is 5.60. The second kappa shape index (κ2) is 7.08. The fourth-order valence-corrected chi connectivity index (χ4v) is 3.98. The third kappa shape index (κ3) is 4.28. The summed E-state index contributed by atoms with van der Waals surface area (Å²) in [6.07, 6.45) is 4.14. The van der Waals surface area contributed by atoms with Crippen molar-refractivity contribution in [1.29, 1.82) is 0 Å². The summed E-state index contributed by atoms with van der Waals surface area (Å²) in [6.45, 7) is 4.90. The van der Waals surface area contributed by atoms with E-state index >= 15 is 0 Å². The van der Waals surface area contributed by atoms with Gasteiger partial charge in [0.2, 0.25) is 10.0 Å². The van der Waals surface area contributed by atoms with Crippen molar-refractivity contribution in [3.8, 4) is 0 Å². The molecule has 0 saturated carbocycles. The minimum atomic E-state index is -3.27. The summed E-state index contributed by atoms with van der Waals surface area (Å²) in [5, 5.41) is 10.1. The lowest BCUT2D eigenvalue weighted by molar-refractivity contribution is 0.148. The number of imidazole rings is 1. The molecule has 0 aliphatic carbocycles. The minimum absolute atomic E-state index is 0.0122. The largest absolute Gasteiger partial charge is 0.391 e. The summed E-state index contributed by atoms with van der Waals surface area (Å²) in [5.41, 5.74) is 0. The van der Waals surface area contributed by atoms with E-state index in [2.05, 4.69) is 14.5 Å². The maximum Gasteiger partial charge on any atom is 0.214 e. The lowest BCUT2D eigenvalue weighted by atomic mass is 10.1. The van der Waals surface area contributed by atoms with Crippen LogP contribution in [0.4, 0.5) is 0 Å². The highest BCUT2D eigenvalue weighted by Crippen LogP contribution is 2.20. The van der Waals surface area contributed by atoms with Crippen LogP contribution in [-0.2, 0) is 16.6 Å². The topological polar surface area (TPSA) is 78.7 Å². The molecule has 0 radical (unpaired) electrons. The van der Waals surface area contributed by atoms with E-state index in [1.165, 1.54) is 18.4 Å². The van der Waals surface area contributed by atoms with E-state index in [-0.39, 0.29) is 11.7 Å². The van der Waals surface area contributed by atoms with Crippen molar-refractivity contribution in [1.82, 2.24) is 18.8 Å². The number of hydrogen-bond donors (Lipinski definition) is 1. The first kappa shape index (κ1) is 17.4. The van der Waals surface area contributed by atoms with Crippen molar-refractivity contribution in [3.05, 3.63) is 18.2 Å². The van der Waals surface area contributed by atoms with Crippen molar-refractivity contribution in [2.75, 3.05) is 39.5 Å². The first-order chi connectivity index (χ1) is 10.3. The van der Waals surface area contributed by atoms with Crippen molar-refractivity contribution >= 4 is 10.0 Å². The average Bonchev–Trinajstić information content (AvgIpc) is 2.97. The van der Waals surface area contributed by atoms with Gasteiger partial charge in [-0.25, -0.2) is 17.7 Å². The Morgan fingerprint density at radius 1 is 1.36 bits per heavy atom. The molecule has 2 atom stereocenters. The van der Waals surface area contributed by atoms with Gasteiger partial charge >= 0.3 is 0 Å². The summed E-state index contributed by atoms with van der Waals surface area (Å²) in [4.78, 5) is 6.33.